The number of carbonyl (C=O) groups is 1. The fourth-order valence-electron chi connectivity index (χ4n) is 3.06. The molecule has 9 heteroatoms. The van der Waals surface area contributed by atoms with Gasteiger partial charge in [-0.15, -0.1) is 0 Å². The lowest BCUT2D eigenvalue weighted by molar-refractivity contribution is 0.0947. The fourth-order valence-corrected chi connectivity index (χ4v) is 4.31. The highest BCUT2D eigenvalue weighted by Gasteiger charge is 2.18. The molecule has 0 saturated carbocycles. The van der Waals surface area contributed by atoms with Crippen LogP contribution in [0, 0.1) is 3.57 Å². The van der Waals surface area contributed by atoms with Crippen molar-refractivity contribution in [2.24, 2.45) is 0 Å². The van der Waals surface area contributed by atoms with Crippen LogP contribution in [0.4, 0.5) is 5.69 Å². The smallest absolute Gasteiger partial charge is 0.251 e. The van der Waals surface area contributed by atoms with Crippen LogP contribution in [0.5, 0.6) is 11.5 Å². The van der Waals surface area contributed by atoms with Gasteiger partial charge in [-0.25, -0.2) is 8.42 Å². The minimum Gasteiger partial charge on any atom is -0.497 e. The highest BCUT2D eigenvalue weighted by atomic mass is 127. The van der Waals surface area contributed by atoms with E-state index in [4.69, 9.17) is 9.47 Å². The Bertz CT molecular complexity index is 1180. The van der Waals surface area contributed by atoms with E-state index in [1.54, 1.807) is 49.6 Å². The highest BCUT2D eigenvalue weighted by molar-refractivity contribution is 14.1. The lowest BCUT2D eigenvalue weighted by Crippen LogP contribution is -2.29. The van der Waals surface area contributed by atoms with E-state index in [0.717, 1.165) is 9.13 Å². The van der Waals surface area contributed by atoms with Gasteiger partial charge in [-0.3, -0.25) is 9.10 Å². The number of sulfonamides is 1. The first kappa shape index (κ1) is 24.8. The fraction of sp³-hybridized carbons (Fsp3) is 0.208. The Kier molecular flexibility index (Phi) is 8.56. The van der Waals surface area contributed by atoms with Gasteiger partial charge in [0.25, 0.3) is 5.91 Å². The van der Waals surface area contributed by atoms with Gasteiger partial charge in [0.2, 0.25) is 10.0 Å². The molecule has 0 aromatic heterocycles. The Morgan fingerprint density at radius 2 is 1.67 bits per heavy atom. The van der Waals surface area contributed by atoms with Crippen LogP contribution in [0.3, 0.4) is 0 Å². The summed E-state index contributed by atoms with van der Waals surface area (Å²) in [5.74, 6) is 1.14. The first-order valence-electron chi connectivity index (χ1n) is 10.1. The van der Waals surface area contributed by atoms with Crippen molar-refractivity contribution in [2.45, 2.75) is 6.54 Å². The molecule has 0 radical (unpaired) electrons. The summed E-state index contributed by atoms with van der Waals surface area (Å²) in [7, 11) is -1.88. The molecule has 0 fully saturated rings. The molecular formula is C24H25IN2O5S. The van der Waals surface area contributed by atoms with Gasteiger partial charge in [-0.05, 0) is 76.7 Å². The van der Waals surface area contributed by atoms with Gasteiger partial charge in [-0.1, -0.05) is 18.2 Å². The molecule has 33 heavy (non-hydrogen) atoms. The molecule has 0 aliphatic carbocycles. The summed E-state index contributed by atoms with van der Waals surface area (Å²) >= 11 is 2.17. The van der Waals surface area contributed by atoms with Gasteiger partial charge in [0.15, 0.2) is 0 Å². The minimum atomic E-state index is -3.47. The number of methoxy groups -OCH3 is 1. The van der Waals surface area contributed by atoms with Crippen molar-refractivity contribution >= 4 is 44.2 Å². The molecule has 0 heterocycles. The zero-order valence-electron chi connectivity index (χ0n) is 18.3. The van der Waals surface area contributed by atoms with Crippen molar-refractivity contribution in [3.8, 4) is 11.5 Å². The lowest BCUT2D eigenvalue weighted by Gasteiger charge is -2.22. The average Bonchev–Trinajstić information content (AvgIpc) is 2.80. The van der Waals surface area contributed by atoms with Crippen molar-refractivity contribution in [1.29, 1.82) is 0 Å². The number of nitrogens with zero attached hydrogens (tertiary/aromatic N) is 1. The number of rotatable bonds is 10. The molecule has 0 bridgehead atoms. The zero-order valence-corrected chi connectivity index (χ0v) is 21.3. The van der Waals surface area contributed by atoms with Gasteiger partial charge < -0.3 is 14.8 Å². The summed E-state index contributed by atoms with van der Waals surface area (Å²) < 4.78 is 37.8. The third-order valence-electron chi connectivity index (χ3n) is 4.75. The van der Waals surface area contributed by atoms with E-state index in [9.17, 15) is 13.2 Å². The normalized spacial score (nSPS) is 11.0. The van der Waals surface area contributed by atoms with Crippen LogP contribution in [-0.4, -0.2) is 40.8 Å². The van der Waals surface area contributed by atoms with E-state index >= 15 is 0 Å². The van der Waals surface area contributed by atoms with Crippen molar-refractivity contribution in [2.75, 3.05) is 30.8 Å². The van der Waals surface area contributed by atoms with Crippen LogP contribution in [0.15, 0.2) is 72.8 Å². The predicted octanol–water partition coefficient (Wildman–Crippen LogP) is 4.07. The van der Waals surface area contributed by atoms with Crippen molar-refractivity contribution in [3.63, 3.8) is 0 Å². The van der Waals surface area contributed by atoms with E-state index in [1.165, 1.54) is 10.6 Å². The molecule has 0 saturated heterocycles. The molecule has 3 rings (SSSR count). The number of amides is 1. The molecule has 1 N–H and O–H groups in total. The van der Waals surface area contributed by atoms with Crippen LogP contribution in [0.1, 0.15) is 15.9 Å². The molecule has 1 amide bonds. The van der Waals surface area contributed by atoms with E-state index < -0.39 is 10.0 Å². The lowest BCUT2D eigenvalue weighted by atomic mass is 10.1. The third kappa shape index (κ3) is 7.36. The summed E-state index contributed by atoms with van der Waals surface area (Å²) in [5, 5.41) is 2.81. The second-order valence-electron chi connectivity index (χ2n) is 7.23. The van der Waals surface area contributed by atoms with Crippen LogP contribution < -0.4 is 19.1 Å². The number of hydrogen-bond donors (Lipinski definition) is 1. The van der Waals surface area contributed by atoms with Crippen molar-refractivity contribution in [3.05, 3.63) is 87.5 Å². The van der Waals surface area contributed by atoms with Crippen LogP contribution in [-0.2, 0) is 16.6 Å². The Morgan fingerprint density at radius 1 is 1.00 bits per heavy atom. The summed E-state index contributed by atoms with van der Waals surface area (Å²) in [5.41, 5.74) is 1.85. The van der Waals surface area contributed by atoms with Gasteiger partial charge in [0.05, 0.1) is 32.1 Å². The van der Waals surface area contributed by atoms with E-state index in [-0.39, 0.29) is 12.5 Å². The SMILES string of the molecule is COc1cccc(OCCNC(=O)c2ccc(CN(c3ccc(I)cc3)S(C)(=O)=O)cc2)c1. The van der Waals surface area contributed by atoms with Crippen LogP contribution in [0.2, 0.25) is 0 Å². The minimum absolute atomic E-state index is 0.176. The maximum atomic E-state index is 12.4. The highest BCUT2D eigenvalue weighted by Crippen LogP contribution is 2.22. The first-order chi connectivity index (χ1) is 15.8. The van der Waals surface area contributed by atoms with E-state index in [1.807, 2.05) is 30.3 Å². The molecule has 3 aromatic carbocycles. The molecule has 174 valence electrons. The molecule has 0 spiro atoms. The maximum Gasteiger partial charge on any atom is 0.251 e. The summed E-state index contributed by atoms with van der Waals surface area (Å²) in [6, 6.07) is 21.4. The molecule has 0 atom stereocenters. The first-order valence-corrected chi connectivity index (χ1v) is 13.1. The van der Waals surface area contributed by atoms with Crippen molar-refractivity contribution < 1.29 is 22.7 Å². The number of hydrogen-bond acceptors (Lipinski definition) is 5. The summed E-state index contributed by atoms with van der Waals surface area (Å²) in [6.45, 7) is 0.832. The number of halogens is 1. The zero-order chi connectivity index (χ0) is 23.8. The Labute approximate surface area is 207 Å². The predicted molar refractivity (Wildman–Crippen MR) is 137 cm³/mol. The number of nitrogens with one attached hydrogen (secondary N) is 1. The molecule has 7 nitrogen and oxygen atoms in total. The van der Waals surface area contributed by atoms with Gasteiger partial charge in [0.1, 0.15) is 18.1 Å². The standard InChI is InChI=1S/C24H25IN2O5S/c1-31-22-4-3-5-23(16-22)32-15-14-26-24(28)19-8-6-18(7-9-19)17-27(33(2,29)30)21-12-10-20(25)11-13-21/h3-13,16H,14-15,17H2,1-2H3,(H,26,28). The Balaban J connectivity index is 1.56. The molecule has 0 unspecified atom stereocenters. The molecule has 3 aromatic rings. The Morgan fingerprint density at radius 3 is 2.30 bits per heavy atom. The monoisotopic (exact) mass is 580 g/mol. The van der Waals surface area contributed by atoms with Gasteiger partial charge in [0, 0.05) is 15.2 Å². The van der Waals surface area contributed by atoms with Crippen molar-refractivity contribution in [1.82, 2.24) is 5.32 Å². The van der Waals surface area contributed by atoms with E-state index in [0.29, 0.717) is 35.9 Å². The molecular weight excluding hydrogens is 555 g/mol. The second-order valence-corrected chi connectivity index (χ2v) is 10.4. The largest absolute Gasteiger partial charge is 0.497 e. The van der Waals surface area contributed by atoms with Crippen LogP contribution in [0.25, 0.3) is 0 Å². The topological polar surface area (TPSA) is 84.9 Å². The number of ether oxygens (including phenoxy) is 2. The number of carbonyl (C=O) groups excluding carboxylic acids is 1. The quantitative estimate of drug-likeness (QED) is 0.289. The average molecular weight is 580 g/mol. The third-order valence-corrected chi connectivity index (χ3v) is 6.61. The number of anilines is 1. The molecule has 0 aliphatic rings. The summed E-state index contributed by atoms with van der Waals surface area (Å²) in [6.07, 6.45) is 1.18. The maximum absolute atomic E-state index is 12.4. The van der Waals surface area contributed by atoms with Crippen LogP contribution >= 0.6 is 22.6 Å². The summed E-state index contributed by atoms with van der Waals surface area (Å²) in [4.78, 5) is 12.4. The Hall–Kier alpha value is -2.79. The second kappa shape index (κ2) is 11.4. The van der Waals surface area contributed by atoms with Gasteiger partial charge >= 0.3 is 0 Å². The molecule has 0 aliphatic heterocycles. The van der Waals surface area contributed by atoms with Gasteiger partial charge in [-0.2, -0.15) is 0 Å². The van der Waals surface area contributed by atoms with E-state index in [2.05, 4.69) is 27.9 Å². The number of benzene rings is 3.